The van der Waals surface area contributed by atoms with Gasteiger partial charge in [-0.3, -0.25) is 9.59 Å². The first-order chi connectivity index (χ1) is 8.47. The summed E-state index contributed by atoms with van der Waals surface area (Å²) < 4.78 is 5.12. The number of rotatable bonds is 5. The average molecular weight is 271 g/mol. The molecule has 0 aliphatic carbocycles. The highest BCUT2D eigenvalue weighted by atomic mass is 35.5. The van der Waals surface area contributed by atoms with Crippen LogP contribution in [0.2, 0.25) is 5.15 Å². The van der Waals surface area contributed by atoms with Crippen molar-refractivity contribution in [2.45, 2.75) is 26.4 Å². The molecule has 1 aromatic heterocycles. The van der Waals surface area contributed by atoms with E-state index in [4.69, 9.17) is 16.3 Å². The van der Waals surface area contributed by atoms with Crippen LogP contribution in [-0.4, -0.2) is 29.5 Å². The molecule has 0 aliphatic rings. The van der Waals surface area contributed by atoms with Gasteiger partial charge in [0.15, 0.2) is 0 Å². The maximum absolute atomic E-state index is 11.0. The lowest BCUT2D eigenvalue weighted by molar-refractivity contribution is -0.146. The predicted octanol–water partition coefficient (Wildman–Crippen LogP) is 1.35. The second-order valence-electron chi connectivity index (χ2n) is 3.86. The molecule has 0 aromatic carbocycles. The third-order valence-corrected chi connectivity index (χ3v) is 2.39. The number of nitrogens with zero attached hydrogens (tertiary/aromatic N) is 1. The molecule has 0 saturated carbocycles. The van der Waals surface area contributed by atoms with E-state index >= 15 is 0 Å². The van der Waals surface area contributed by atoms with Gasteiger partial charge in [0.2, 0.25) is 5.91 Å². The zero-order valence-electron chi connectivity index (χ0n) is 10.3. The van der Waals surface area contributed by atoms with Crippen molar-refractivity contribution in [2.24, 2.45) is 0 Å². The fourth-order valence-electron chi connectivity index (χ4n) is 1.44. The van der Waals surface area contributed by atoms with Gasteiger partial charge in [0, 0.05) is 26.5 Å². The van der Waals surface area contributed by atoms with Crippen molar-refractivity contribution in [3.8, 4) is 0 Å². The number of halogens is 1. The molecule has 0 radical (unpaired) electrons. The molecule has 1 aromatic rings. The van der Waals surface area contributed by atoms with Crippen molar-refractivity contribution in [1.29, 1.82) is 0 Å². The number of hydrogen-bond acceptors (Lipinski definition) is 4. The van der Waals surface area contributed by atoms with E-state index in [1.807, 2.05) is 0 Å². The number of pyridine rings is 1. The highest BCUT2D eigenvalue weighted by Crippen LogP contribution is 2.09. The fraction of sp³-hybridized carbons (Fsp3) is 0.417. The first-order valence-corrected chi connectivity index (χ1v) is 5.87. The molecular formula is C12H15ClN2O3. The average Bonchev–Trinajstić information content (AvgIpc) is 2.28. The highest BCUT2D eigenvalue weighted by Gasteiger charge is 2.13. The second-order valence-corrected chi connectivity index (χ2v) is 4.25. The van der Waals surface area contributed by atoms with E-state index in [1.54, 1.807) is 18.3 Å². The van der Waals surface area contributed by atoms with Crippen LogP contribution in [-0.2, 0) is 20.7 Å². The van der Waals surface area contributed by atoms with Crippen LogP contribution in [0.15, 0.2) is 18.3 Å². The number of carbonyl (C=O) groups is 2. The normalized spacial score (nSPS) is 11.7. The van der Waals surface area contributed by atoms with E-state index in [2.05, 4.69) is 10.3 Å². The molecule has 0 fully saturated rings. The topological polar surface area (TPSA) is 68.3 Å². The molecule has 5 nitrogen and oxygen atoms in total. The van der Waals surface area contributed by atoms with Gasteiger partial charge in [-0.25, -0.2) is 4.98 Å². The van der Waals surface area contributed by atoms with E-state index in [-0.39, 0.29) is 18.4 Å². The van der Waals surface area contributed by atoms with Crippen LogP contribution in [0.4, 0.5) is 0 Å². The number of aromatic nitrogens is 1. The Balaban J connectivity index is 2.61. The maximum atomic E-state index is 11.0. The molecule has 0 saturated heterocycles. The minimum Gasteiger partial charge on any atom is -0.460 e. The standard InChI is InChI=1S/C12H15ClN2O3/c1-8(16)14-7-11(18-9(2)17)5-10-3-4-12(13)15-6-10/h3-4,6,11H,5,7H2,1-2H3,(H,14,16). The molecule has 0 bridgehead atoms. The van der Waals surface area contributed by atoms with E-state index < -0.39 is 6.10 Å². The summed E-state index contributed by atoms with van der Waals surface area (Å²) in [6.45, 7) is 3.02. The SMILES string of the molecule is CC(=O)NCC(Cc1ccc(Cl)nc1)OC(C)=O. The van der Waals surface area contributed by atoms with E-state index in [9.17, 15) is 9.59 Å². The number of nitrogens with one attached hydrogen (secondary N) is 1. The van der Waals surface area contributed by atoms with Crippen LogP contribution in [0.3, 0.4) is 0 Å². The van der Waals surface area contributed by atoms with Crippen molar-refractivity contribution in [2.75, 3.05) is 6.54 Å². The number of hydrogen-bond donors (Lipinski definition) is 1. The van der Waals surface area contributed by atoms with Crippen molar-refractivity contribution in [3.63, 3.8) is 0 Å². The van der Waals surface area contributed by atoms with Gasteiger partial charge >= 0.3 is 5.97 Å². The molecule has 0 spiro atoms. The first kappa shape index (κ1) is 14.4. The zero-order chi connectivity index (χ0) is 13.5. The summed E-state index contributed by atoms with van der Waals surface area (Å²) in [5.41, 5.74) is 0.885. The van der Waals surface area contributed by atoms with E-state index in [1.165, 1.54) is 13.8 Å². The summed E-state index contributed by atoms with van der Waals surface area (Å²) in [5.74, 6) is -0.548. The lowest BCUT2D eigenvalue weighted by Gasteiger charge is -2.17. The molecule has 1 atom stereocenters. The quantitative estimate of drug-likeness (QED) is 0.648. The summed E-state index contributed by atoms with van der Waals surface area (Å²) in [6.07, 6.45) is 1.69. The second kappa shape index (κ2) is 6.96. The van der Waals surface area contributed by atoms with Gasteiger partial charge in [-0.2, -0.15) is 0 Å². The van der Waals surface area contributed by atoms with Crippen LogP contribution in [0.5, 0.6) is 0 Å². The first-order valence-electron chi connectivity index (χ1n) is 5.49. The van der Waals surface area contributed by atoms with Gasteiger partial charge in [0.25, 0.3) is 0 Å². The Morgan fingerprint density at radius 2 is 2.17 bits per heavy atom. The molecule has 98 valence electrons. The van der Waals surface area contributed by atoms with Crippen LogP contribution in [0.1, 0.15) is 19.4 Å². The molecule has 6 heteroatoms. The van der Waals surface area contributed by atoms with Crippen molar-refractivity contribution >= 4 is 23.5 Å². The third kappa shape index (κ3) is 5.63. The van der Waals surface area contributed by atoms with Crippen LogP contribution in [0.25, 0.3) is 0 Å². The molecule has 0 aliphatic heterocycles. The highest BCUT2D eigenvalue weighted by molar-refractivity contribution is 6.29. The van der Waals surface area contributed by atoms with Gasteiger partial charge in [0.1, 0.15) is 11.3 Å². The Morgan fingerprint density at radius 3 is 2.67 bits per heavy atom. The molecule has 18 heavy (non-hydrogen) atoms. The monoisotopic (exact) mass is 270 g/mol. The Kier molecular flexibility index (Phi) is 5.58. The summed E-state index contributed by atoms with van der Waals surface area (Å²) >= 11 is 5.68. The molecule has 1 amide bonds. The van der Waals surface area contributed by atoms with Gasteiger partial charge in [0.05, 0.1) is 6.54 Å². The van der Waals surface area contributed by atoms with Crippen molar-refractivity contribution < 1.29 is 14.3 Å². The van der Waals surface area contributed by atoms with Crippen LogP contribution in [0, 0.1) is 0 Å². The molecule has 1 N–H and O–H groups in total. The molecule has 1 rings (SSSR count). The smallest absolute Gasteiger partial charge is 0.302 e. The minimum atomic E-state index is -0.408. The number of carbonyl (C=O) groups excluding carboxylic acids is 2. The minimum absolute atomic E-state index is 0.165. The number of ether oxygens (including phenoxy) is 1. The number of amides is 1. The Labute approximate surface area is 110 Å². The maximum Gasteiger partial charge on any atom is 0.302 e. The fourth-order valence-corrected chi connectivity index (χ4v) is 1.55. The van der Waals surface area contributed by atoms with Gasteiger partial charge in [-0.1, -0.05) is 17.7 Å². The van der Waals surface area contributed by atoms with Crippen LogP contribution >= 0.6 is 11.6 Å². The summed E-state index contributed by atoms with van der Waals surface area (Å²) in [4.78, 5) is 25.8. The third-order valence-electron chi connectivity index (χ3n) is 2.16. The molecular weight excluding hydrogens is 256 g/mol. The lowest BCUT2D eigenvalue weighted by atomic mass is 10.1. The van der Waals surface area contributed by atoms with Gasteiger partial charge in [-0.15, -0.1) is 0 Å². The van der Waals surface area contributed by atoms with Crippen LogP contribution < -0.4 is 5.32 Å². The van der Waals surface area contributed by atoms with Gasteiger partial charge in [-0.05, 0) is 11.6 Å². The Bertz CT molecular complexity index is 420. The summed E-state index contributed by atoms with van der Waals surface area (Å²) in [5, 5.41) is 3.03. The molecule has 1 heterocycles. The summed E-state index contributed by atoms with van der Waals surface area (Å²) in [7, 11) is 0. The zero-order valence-corrected chi connectivity index (χ0v) is 11.0. The predicted molar refractivity (Wildman–Crippen MR) is 67.2 cm³/mol. The lowest BCUT2D eigenvalue weighted by Crippen LogP contribution is -2.34. The summed E-state index contributed by atoms with van der Waals surface area (Å²) in [6, 6.07) is 3.47. The van der Waals surface area contributed by atoms with Crippen molar-refractivity contribution in [3.05, 3.63) is 29.0 Å². The van der Waals surface area contributed by atoms with E-state index in [0.717, 1.165) is 5.56 Å². The Hall–Kier alpha value is -1.62. The largest absolute Gasteiger partial charge is 0.460 e. The Morgan fingerprint density at radius 1 is 1.44 bits per heavy atom. The van der Waals surface area contributed by atoms with E-state index in [0.29, 0.717) is 11.6 Å². The van der Waals surface area contributed by atoms with Gasteiger partial charge < -0.3 is 10.1 Å². The number of esters is 1. The van der Waals surface area contributed by atoms with Crippen molar-refractivity contribution in [1.82, 2.24) is 10.3 Å². The molecule has 1 unspecified atom stereocenters.